The van der Waals surface area contributed by atoms with Crippen LogP contribution in [0.15, 0.2) is 40.3 Å². The number of nitrogens with one attached hydrogen (secondary N) is 1. The van der Waals surface area contributed by atoms with Crippen LogP contribution in [0.25, 0.3) is 0 Å². The third-order valence-electron chi connectivity index (χ3n) is 5.13. The van der Waals surface area contributed by atoms with Crippen molar-refractivity contribution in [1.29, 1.82) is 0 Å². The zero-order valence-corrected chi connectivity index (χ0v) is 16.0. The molecule has 1 fully saturated rings. The number of hydrogen-bond donors (Lipinski definition) is 2. The van der Waals surface area contributed by atoms with Gasteiger partial charge in [-0.25, -0.2) is 4.98 Å². The van der Waals surface area contributed by atoms with Gasteiger partial charge in [0.15, 0.2) is 10.7 Å². The summed E-state index contributed by atoms with van der Waals surface area (Å²) in [7, 11) is 0. The molecule has 3 heterocycles. The van der Waals surface area contributed by atoms with E-state index in [1.54, 1.807) is 24.1 Å². The van der Waals surface area contributed by atoms with Gasteiger partial charge in [-0.05, 0) is 44.0 Å². The molecule has 1 aromatic carbocycles. The molecule has 5 nitrogen and oxygen atoms in total. The highest BCUT2D eigenvalue weighted by atomic mass is 32.2. The molecule has 0 spiro atoms. The molecule has 2 N–H and O–H groups in total. The van der Waals surface area contributed by atoms with Gasteiger partial charge in [-0.2, -0.15) is 13.2 Å². The van der Waals surface area contributed by atoms with Crippen LogP contribution in [0.4, 0.5) is 24.7 Å². The Hall–Kier alpha value is -1.81. The van der Waals surface area contributed by atoms with E-state index in [1.165, 1.54) is 6.07 Å². The Labute approximate surface area is 163 Å². The summed E-state index contributed by atoms with van der Waals surface area (Å²) in [6, 6.07) is 4.59. The fraction of sp³-hybridized carbons (Fsp3) is 0.421. The molecular formula is C19H20F3N3O2S. The molecular weight excluding hydrogens is 391 g/mol. The molecule has 0 aliphatic carbocycles. The number of halogens is 3. The predicted octanol–water partition coefficient (Wildman–Crippen LogP) is 3.14. The van der Waals surface area contributed by atoms with Crippen LogP contribution in [0, 0.1) is 6.92 Å². The van der Waals surface area contributed by atoms with E-state index >= 15 is 0 Å². The summed E-state index contributed by atoms with van der Waals surface area (Å²) in [6.07, 6.45) is -2.19. The van der Waals surface area contributed by atoms with Gasteiger partial charge in [0.25, 0.3) is 0 Å². The number of aliphatic hydroxyl groups is 1. The minimum absolute atomic E-state index is 0.0964. The number of fused-ring (bicyclic) bond motifs is 2. The van der Waals surface area contributed by atoms with Gasteiger partial charge in [0.1, 0.15) is 0 Å². The zero-order valence-electron chi connectivity index (χ0n) is 15.2. The first-order chi connectivity index (χ1) is 13.3. The fourth-order valence-electron chi connectivity index (χ4n) is 3.77. The van der Waals surface area contributed by atoms with E-state index in [4.69, 9.17) is 0 Å². The first-order valence-corrected chi connectivity index (χ1v) is 10.2. The zero-order chi connectivity index (χ0) is 20.1. The molecule has 2 aliphatic heterocycles. The number of pyridine rings is 1. The van der Waals surface area contributed by atoms with Crippen LogP contribution in [0.5, 0.6) is 0 Å². The van der Waals surface area contributed by atoms with Gasteiger partial charge in [-0.15, -0.1) is 0 Å². The van der Waals surface area contributed by atoms with Gasteiger partial charge in [-0.1, -0.05) is 0 Å². The van der Waals surface area contributed by atoms with Gasteiger partial charge < -0.3 is 19.9 Å². The average Bonchev–Trinajstić information content (AvgIpc) is 2.86. The molecule has 2 aliphatic rings. The summed E-state index contributed by atoms with van der Waals surface area (Å²) in [5.74, 6) is 0.433. The molecule has 28 heavy (non-hydrogen) atoms. The number of anilines is 2. The van der Waals surface area contributed by atoms with E-state index in [0.717, 1.165) is 30.7 Å². The Balaban J connectivity index is 1.90. The van der Waals surface area contributed by atoms with Crippen molar-refractivity contribution in [2.45, 2.75) is 47.9 Å². The van der Waals surface area contributed by atoms with Crippen LogP contribution in [-0.2, 0) is 17.4 Å². The van der Waals surface area contributed by atoms with Crippen LogP contribution in [0.3, 0.4) is 0 Å². The lowest BCUT2D eigenvalue weighted by molar-refractivity contribution is -0.137. The van der Waals surface area contributed by atoms with Gasteiger partial charge in [0.2, 0.25) is 4.90 Å². The molecule has 4 rings (SSSR count). The number of rotatable bonds is 1. The number of β-amino-alcohol motifs (C(OH)–C–C–N with tert-alkyl or cyclic N) is 1. The highest BCUT2D eigenvalue weighted by molar-refractivity contribution is 7.92. The third kappa shape index (κ3) is 3.36. The molecule has 0 amide bonds. The van der Waals surface area contributed by atoms with Crippen molar-refractivity contribution in [3.05, 3.63) is 41.6 Å². The quantitative estimate of drug-likeness (QED) is 0.706. The molecule has 0 radical (unpaired) electrons. The van der Waals surface area contributed by atoms with Crippen molar-refractivity contribution in [3.8, 4) is 0 Å². The normalized spacial score (nSPS) is 25.1. The summed E-state index contributed by atoms with van der Waals surface area (Å²) in [6.45, 7) is 2.92. The monoisotopic (exact) mass is 411 g/mol. The molecule has 1 aromatic heterocycles. The van der Waals surface area contributed by atoms with Crippen LogP contribution in [-0.4, -0.2) is 39.9 Å². The average molecular weight is 411 g/mol. The second-order valence-corrected chi connectivity index (χ2v) is 8.55. The van der Waals surface area contributed by atoms with Crippen LogP contribution in [0.1, 0.15) is 24.0 Å². The third-order valence-corrected chi connectivity index (χ3v) is 6.55. The van der Waals surface area contributed by atoms with Crippen molar-refractivity contribution >= 4 is 22.7 Å². The Morgan fingerprint density at radius 3 is 2.82 bits per heavy atom. The molecule has 0 saturated carbocycles. The Morgan fingerprint density at radius 2 is 2.07 bits per heavy atom. The standard InChI is InChI=1S/C19H20F3N3O2S/c1-11-7-17-18(24-9-11)25(13-3-2-6-23-10-15(13)26)14-5-4-12(19(20,21)22)8-16(14)28(17)27/h4-5,7-9,13,15,23,26H,2-3,6,10H2,1H3/t13?,15-,28?/m0/s1. The van der Waals surface area contributed by atoms with E-state index in [1.807, 2.05) is 0 Å². The second-order valence-electron chi connectivity index (χ2n) is 7.13. The Kier molecular flexibility index (Phi) is 5.03. The maximum atomic E-state index is 13.2. The summed E-state index contributed by atoms with van der Waals surface area (Å²) in [4.78, 5) is 6.68. The molecule has 0 bridgehead atoms. The Morgan fingerprint density at radius 1 is 1.29 bits per heavy atom. The van der Waals surface area contributed by atoms with Crippen LogP contribution < -0.4 is 10.2 Å². The number of nitrogens with zero attached hydrogens (tertiary/aromatic N) is 2. The van der Waals surface area contributed by atoms with E-state index in [9.17, 15) is 22.8 Å². The topological polar surface area (TPSA) is 71.5 Å². The second kappa shape index (κ2) is 7.22. The van der Waals surface area contributed by atoms with Crippen molar-refractivity contribution in [2.24, 2.45) is 0 Å². The fourth-order valence-corrected chi connectivity index (χ4v) is 5.21. The summed E-state index contributed by atoms with van der Waals surface area (Å²) < 4.78 is 52.8. The first-order valence-electron chi connectivity index (χ1n) is 9.05. The van der Waals surface area contributed by atoms with Gasteiger partial charge in [0, 0.05) is 36.1 Å². The number of aromatic nitrogens is 1. The lowest BCUT2D eigenvalue weighted by Crippen LogP contribution is -2.46. The largest absolute Gasteiger partial charge is 0.606 e. The minimum atomic E-state index is -4.53. The molecule has 1 saturated heterocycles. The lowest BCUT2D eigenvalue weighted by atomic mass is 10.0. The summed E-state index contributed by atoms with van der Waals surface area (Å²) >= 11 is -1.79. The number of aryl methyl sites for hydroxylation is 1. The van der Waals surface area contributed by atoms with Gasteiger partial charge in [-0.3, -0.25) is 0 Å². The van der Waals surface area contributed by atoms with Crippen molar-refractivity contribution in [2.75, 3.05) is 18.0 Å². The van der Waals surface area contributed by atoms with Crippen molar-refractivity contribution in [3.63, 3.8) is 0 Å². The minimum Gasteiger partial charge on any atom is -0.606 e. The SMILES string of the molecule is Cc1cnc2c(c1)[S+]([O-])c1cc(C(F)(F)F)ccc1N2C1CCCNC[C@@H]1O. The number of hydrogen-bond acceptors (Lipinski definition) is 5. The van der Waals surface area contributed by atoms with E-state index in [0.29, 0.717) is 29.4 Å². The van der Waals surface area contributed by atoms with Crippen molar-refractivity contribution in [1.82, 2.24) is 10.3 Å². The first kappa shape index (κ1) is 19.5. The molecule has 150 valence electrons. The van der Waals surface area contributed by atoms with E-state index < -0.39 is 29.0 Å². The summed E-state index contributed by atoms with van der Waals surface area (Å²) in [5.41, 5.74) is 0.332. The van der Waals surface area contributed by atoms with Crippen LogP contribution >= 0.6 is 0 Å². The summed E-state index contributed by atoms with van der Waals surface area (Å²) in [5, 5.41) is 13.8. The van der Waals surface area contributed by atoms with Gasteiger partial charge >= 0.3 is 6.18 Å². The van der Waals surface area contributed by atoms with Gasteiger partial charge in [0.05, 0.1) is 23.4 Å². The number of benzene rings is 1. The van der Waals surface area contributed by atoms with Crippen molar-refractivity contribution < 1.29 is 22.8 Å². The van der Waals surface area contributed by atoms with Crippen LogP contribution in [0.2, 0.25) is 0 Å². The molecule has 2 unspecified atom stereocenters. The highest BCUT2D eigenvalue weighted by Crippen LogP contribution is 2.47. The van der Waals surface area contributed by atoms with E-state index in [2.05, 4.69) is 10.3 Å². The maximum absolute atomic E-state index is 13.2. The highest BCUT2D eigenvalue weighted by Gasteiger charge is 2.42. The Bertz CT molecular complexity index is 893. The molecule has 3 atom stereocenters. The smallest absolute Gasteiger partial charge is 0.416 e. The predicted molar refractivity (Wildman–Crippen MR) is 99.1 cm³/mol. The lowest BCUT2D eigenvalue weighted by Gasteiger charge is -2.39. The molecule has 9 heteroatoms. The van der Waals surface area contributed by atoms with E-state index in [-0.39, 0.29) is 10.9 Å². The number of aliphatic hydroxyl groups excluding tert-OH is 1. The molecule has 2 aromatic rings. The maximum Gasteiger partial charge on any atom is 0.416 e. The number of alkyl halides is 3.